The van der Waals surface area contributed by atoms with E-state index in [0.717, 1.165) is 28.1 Å². The normalized spacial score (nSPS) is 10.7. The third-order valence-corrected chi connectivity index (χ3v) is 3.91. The van der Waals surface area contributed by atoms with Crippen molar-refractivity contribution in [2.45, 2.75) is 13.3 Å². The standard InChI is InChI=1S/C14H15N5S/c1-2-9-5-3-4-6-11(9)16-12-10-7-8-20-13(10)18-14(17-12)19-15/h3-8H,2,15H2,1H3,(H2,16,17,18,19). The van der Waals surface area contributed by atoms with Gasteiger partial charge >= 0.3 is 0 Å². The van der Waals surface area contributed by atoms with Gasteiger partial charge in [-0.1, -0.05) is 25.1 Å². The summed E-state index contributed by atoms with van der Waals surface area (Å²) in [6, 6.07) is 10.2. The molecule has 0 aliphatic rings. The van der Waals surface area contributed by atoms with E-state index in [-0.39, 0.29) is 0 Å². The molecule has 102 valence electrons. The molecule has 0 unspecified atom stereocenters. The Balaban J connectivity index is 2.07. The molecule has 0 spiro atoms. The number of nitrogens with zero attached hydrogens (tertiary/aromatic N) is 2. The van der Waals surface area contributed by atoms with Crippen LogP contribution < -0.4 is 16.6 Å². The van der Waals surface area contributed by atoms with Crippen LogP contribution >= 0.6 is 11.3 Å². The summed E-state index contributed by atoms with van der Waals surface area (Å²) in [7, 11) is 0. The van der Waals surface area contributed by atoms with E-state index in [1.165, 1.54) is 5.56 Å². The van der Waals surface area contributed by atoms with Crippen LogP contribution in [0.15, 0.2) is 35.7 Å². The van der Waals surface area contributed by atoms with Crippen LogP contribution in [-0.2, 0) is 6.42 Å². The van der Waals surface area contributed by atoms with Crippen molar-refractivity contribution >= 4 is 39.0 Å². The monoisotopic (exact) mass is 285 g/mol. The van der Waals surface area contributed by atoms with Gasteiger partial charge in [0.05, 0.1) is 5.39 Å². The third-order valence-electron chi connectivity index (χ3n) is 3.11. The maximum atomic E-state index is 5.43. The zero-order valence-corrected chi connectivity index (χ0v) is 11.9. The molecule has 0 atom stereocenters. The van der Waals surface area contributed by atoms with E-state index in [2.05, 4.69) is 39.8 Å². The molecule has 20 heavy (non-hydrogen) atoms. The molecule has 3 aromatic rings. The van der Waals surface area contributed by atoms with Gasteiger partial charge in [0.25, 0.3) is 0 Å². The molecule has 1 aromatic carbocycles. The van der Waals surface area contributed by atoms with Gasteiger partial charge < -0.3 is 5.32 Å². The summed E-state index contributed by atoms with van der Waals surface area (Å²) in [5.74, 6) is 6.61. The second kappa shape index (κ2) is 5.44. The van der Waals surface area contributed by atoms with Crippen molar-refractivity contribution in [1.29, 1.82) is 0 Å². The quantitative estimate of drug-likeness (QED) is 0.506. The maximum absolute atomic E-state index is 5.43. The Morgan fingerprint density at radius 2 is 2.05 bits per heavy atom. The fourth-order valence-corrected chi connectivity index (χ4v) is 2.86. The summed E-state index contributed by atoms with van der Waals surface area (Å²) >= 11 is 1.56. The van der Waals surface area contributed by atoms with E-state index in [9.17, 15) is 0 Å². The highest BCUT2D eigenvalue weighted by molar-refractivity contribution is 7.16. The molecule has 2 heterocycles. The van der Waals surface area contributed by atoms with Crippen molar-refractivity contribution in [3.05, 3.63) is 41.3 Å². The molecule has 6 heteroatoms. The van der Waals surface area contributed by atoms with Crippen LogP contribution in [0.25, 0.3) is 10.2 Å². The Morgan fingerprint density at radius 1 is 1.20 bits per heavy atom. The first-order valence-corrected chi connectivity index (χ1v) is 7.26. The molecular weight excluding hydrogens is 270 g/mol. The molecule has 3 rings (SSSR count). The predicted molar refractivity (Wildman–Crippen MR) is 84.3 cm³/mol. The Hall–Kier alpha value is -2.18. The van der Waals surface area contributed by atoms with E-state index in [0.29, 0.717) is 5.95 Å². The Kier molecular flexibility index (Phi) is 3.49. The average Bonchev–Trinajstić information content (AvgIpc) is 2.96. The summed E-state index contributed by atoms with van der Waals surface area (Å²) in [6.45, 7) is 2.13. The highest BCUT2D eigenvalue weighted by Gasteiger charge is 2.09. The second-order valence-electron chi connectivity index (χ2n) is 4.32. The fraction of sp³-hybridized carbons (Fsp3) is 0.143. The molecule has 5 nitrogen and oxygen atoms in total. The number of hydrogen-bond donors (Lipinski definition) is 3. The number of benzene rings is 1. The minimum Gasteiger partial charge on any atom is -0.339 e. The van der Waals surface area contributed by atoms with Gasteiger partial charge in [-0.2, -0.15) is 4.98 Å². The molecule has 0 aliphatic carbocycles. The lowest BCUT2D eigenvalue weighted by Gasteiger charge is -2.11. The van der Waals surface area contributed by atoms with Crippen molar-refractivity contribution in [2.75, 3.05) is 10.7 Å². The van der Waals surface area contributed by atoms with Crippen molar-refractivity contribution in [1.82, 2.24) is 9.97 Å². The van der Waals surface area contributed by atoms with Crippen molar-refractivity contribution < 1.29 is 0 Å². The molecule has 0 radical (unpaired) electrons. The Morgan fingerprint density at radius 3 is 2.85 bits per heavy atom. The van der Waals surface area contributed by atoms with Crippen LogP contribution in [0.4, 0.5) is 17.5 Å². The molecule has 0 saturated carbocycles. The highest BCUT2D eigenvalue weighted by Crippen LogP contribution is 2.29. The Bertz CT molecular complexity index is 737. The molecule has 0 aliphatic heterocycles. The average molecular weight is 285 g/mol. The number of aryl methyl sites for hydroxylation is 1. The highest BCUT2D eigenvalue weighted by atomic mass is 32.1. The minimum absolute atomic E-state index is 0.413. The number of nitrogens with one attached hydrogen (secondary N) is 2. The summed E-state index contributed by atoms with van der Waals surface area (Å²) < 4.78 is 0. The van der Waals surface area contributed by atoms with Gasteiger partial charge in [-0.15, -0.1) is 11.3 Å². The van der Waals surface area contributed by atoms with E-state index < -0.39 is 0 Å². The fourth-order valence-electron chi connectivity index (χ4n) is 2.09. The summed E-state index contributed by atoms with van der Waals surface area (Å²) in [6.07, 6.45) is 0.961. The largest absolute Gasteiger partial charge is 0.339 e. The smallest absolute Gasteiger partial charge is 0.240 e. The SMILES string of the molecule is CCc1ccccc1Nc1nc(NN)nc2sccc12. The van der Waals surface area contributed by atoms with Crippen LogP contribution in [0.3, 0.4) is 0 Å². The predicted octanol–water partition coefficient (Wildman–Crippen LogP) is 3.28. The number of hydrazine groups is 1. The first-order chi connectivity index (χ1) is 9.81. The lowest BCUT2D eigenvalue weighted by Crippen LogP contribution is -2.11. The summed E-state index contributed by atoms with van der Waals surface area (Å²) in [5, 5.41) is 6.38. The van der Waals surface area contributed by atoms with Gasteiger partial charge in [0.1, 0.15) is 10.6 Å². The lowest BCUT2D eigenvalue weighted by atomic mass is 10.1. The molecule has 2 aromatic heterocycles. The molecule has 0 fully saturated rings. The van der Waals surface area contributed by atoms with Gasteiger partial charge in [-0.25, -0.2) is 10.8 Å². The van der Waals surface area contributed by atoms with Crippen LogP contribution in [0.5, 0.6) is 0 Å². The number of aromatic nitrogens is 2. The number of anilines is 3. The first-order valence-electron chi connectivity index (χ1n) is 6.38. The van der Waals surface area contributed by atoms with E-state index >= 15 is 0 Å². The van der Waals surface area contributed by atoms with Crippen molar-refractivity contribution in [3.8, 4) is 0 Å². The molecule has 0 bridgehead atoms. The topological polar surface area (TPSA) is 75.9 Å². The minimum atomic E-state index is 0.413. The van der Waals surface area contributed by atoms with Crippen LogP contribution in [0.2, 0.25) is 0 Å². The first kappa shape index (κ1) is 12.8. The van der Waals surface area contributed by atoms with Gasteiger partial charge in [-0.3, -0.25) is 5.43 Å². The van der Waals surface area contributed by atoms with Gasteiger partial charge in [0.2, 0.25) is 5.95 Å². The summed E-state index contributed by atoms with van der Waals surface area (Å²) in [5.41, 5.74) is 4.81. The number of para-hydroxylation sites is 1. The van der Waals surface area contributed by atoms with Crippen LogP contribution in [0, 0.1) is 0 Å². The van der Waals surface area contributed by atoms with Gasteiger partial charge in [0, 0.05) is 5.69 Å². The zero-order chi connectivity index (χ0) is 13.9. The number of fused-ring (bicyclic) bond motifs is 1. The number of thiophene rings is 1. The number of nitrogens with two attached hydrogens (primary N) is 1. The molecular formula is C14H15N5S. The van der Waals surface area contributed by atoms with Crippen molar-refractivity contribution in [2.24, 2.45) is 5.84 Å². The van der Waals surface area contributed by atoms with Crippen molar-refractivity contribution in [3.63, 3.8) is 0 Å². The number of rotatable bonds is 4. The van der Waals surface area contributed by atoms with E-state index in [1.54, 1.807) is 11.3 Å². The number of nitrogen functional groups attached to an aromatic ring is 1. The molecule has 0 amide bonds. The lowest BCUT2D eigenvalue weighted by molar-refractivity contribution is 1.13. The number of hydrogen-bond acceptors (Lipinski definition) is 6. The van der Waals surface area contributed by atoms with Crippen LogP contribution in [0.1, 0.15) is 12.5 Å². The Labute approximate surface area is 120 Å². The molecule has 4 N–H and O–H groups in total. The van der Waals surface area contributed by atoms with E-state index in [4.69, 9.17) is 5.84 Å². The third kappa shape index (κ3) is 2.31. The molecule has 0 saturated heterocycles. The second-order valence-corrected chi connectivity index (χ2v) is 5.21. The van der Waals surface area contributed by atoms with Gasteiger partial charge in [-0.05, 0) is 29.5 Å². The zero-order valence-electron chi connectivity index (χ0n) is 11.1. The summed E-state index contributed by atoms with van der Waals surface area (Å²) in [4.78, 5) is 9.65. The van der Waals surface area contributed by atoms with Crippen LogP contribution in [-0.4, -0.2) is 9.97 Å². The van der Waals surface area contributed by atoms with E-state index in [1.807, 2.05) is 23.6 Å². The maximum Gasteiger partial charge on any atom is 0.240 e. The van der Waals surface area contributed by atoms with Gasteiger partial charge in [0.15, 0.2) is 0 Å².